The average Bonchev–Trinajstić information content (AvgIpc) is 0.862. The summed E-state index contributed by atoms with van der Waals surface area (Å²) in [6, 6.07) is -26.3. The van der Waals surface area contributed by atoms with Crippen LogP contribution in [-0.2, 0) is 105 Å². The number of nitrogens with one attached hydrogen (secondary N) is 16. The summed E-state index contributed by atoms with van der Waals surface area (Å²) in [4.78, 5) is 290. The van der Waals surface area contributed by atoms with Crippen LogP contribution in [0.3, 0.4) is 0 Å². The first kappa shape index (κ1) is 110. The summed E-state index contributed by atoms with van der Waals surface area (Å²) in [6.07, 6.45) is -11.1. The summed E-state index contributed by atoms with van der Waals surface area (Å²) < 4.78 is 0. The van der Waals surface area contributed by atoms with Gasteiger partial charge in [0.25, 0.3) is 0 Å². The number of carbonyl (C=O) groups is 22. The number of carboxylic acid groups (broad SMARTS) is 6. The van der Waals surface area contributed by atoms with E-state index in [2.05, 4.69) is 74.4 Å². The molecular formula is C73H123N21O29. The number of amides is 16. The standard InChI is InChI=1S/C73H123N21O29/c1-32(2)27-45(66(116)85-40(14-12-26-80-73(78)79)63(113)86-41(16-21-51(77)97)61(111)81-35(7)58(108)88-44(72(122)123)19-24-54(102)103)89-64(114)39(13-10-11-25-74)84-67(117)46(28-33(3)4)91-70(120)48(30-55(104)105)92-68(118)47(29-34(5)6)90-65(115)43(18-23-53(100)101)87-69(119)49(31-56(106)107)93-71(121)57(37(9)95)94-59(109)36(8)82-62(112)42(17-22-52(98)99)83-60(110)38(75)15-20-50(76)96/h32-49,57,95H,10-31,74-75H2,1-9H3,(H2,76,96)(H2,77,97)(H,81,111)(H,82,112)(H,83,110)(H,84,117)(H,85,116)(H,86,113)(H,87,119)(H,88,108)(H,89,114)(H,90,115)(H,91,120)(H,92,118)(H,93,121)(H,94,109)(H,98,99)(H,100,101)(H,102,103)(H,104,105)(H,106,107)(H,122,123)(H4,78,79,80)/t35-,36-,37+,38-,39-,40-,41-,42-,43-,44-,45-,46-,47-,48-,49-,57-/m0/s1. The Morgan fingerprint density at radius 1 is 0.301 bits per heavy atom. The van der Waals surface area contributed by atoms with Crippen LogP contribution in [0, 0.1) is 23.2 Å². The first-order chi connectivity index (χ1) is 57.2. The first-order valence-electron chi connectivity index (χ1n) is 39.6. The Bertz CT molecular complexity index is 3720. The molecule has 0 aromatic carbocycles. The highest BCUT2D eigenvalue weighted by Crippen LogP contribution is 2.16. The van der Waals surface area contributed by atoms with Crippen molar-refractivity contribution >= 4 is 136 Å². The van der Waals surface area contributed by atoms with Crippen LogP contribution in [0.1, 0.15) is 191 Å². The van der Waals surface area contributed by atoms with Gasteiger partial charge >= 0.3 is 35.8 Å². The Kier molecular flexibility index (Phi) is 51.1. The Morgan fingerprint density at radius 2 is 0.577 bits per heavy atom. The summed E-state index contributed by atoms with van der Waals surface area (Å²) in [5.41, 5.74) is 27.5. The van der Waals surface area contributed by atoms with Gasteiger partial charge in [0.15, 0.2) is 5.96 Å². The van der Waals surface area contributed by atoms with Crippen molar-refractivity contribution in [1.29, 1.82) is 5.41 Å². The minimum Gasteiger partial charge on any atom is -0.481 e. The number of aliphatic hydroxyl groups is 1. The predicted octanol–water partition coefficient (Wildman–Crippen LogP) is -8.79. The van der Waals surface area contributed by atoms with Crippen molar-refractivity contribution in [3.05, 3.63) is 0 Å². The maximum absolute atomic E-state index is 14.6. The van der Waals surface area contributed by atoms with Gasteiger partial charge in [0.2, 0.25) is 94.5 Å². The van der Waals surface area contributed by atoms with Gasteiger partial charge in [0, 0.05) is 38.6 Å². The zero-order chi connectivity index (χ0) is 94.4. The summed E-state index contributed by atoms with van der Waals surface area (Å²) in [5, 5.41) is 110. The molecule has 0 aliphatic heterocycles. The number of nitrogens with two attached hydrogens (primary N) is 5. The van der Waals surface area contributed by atoms with Gasteiger partial charge in [0.1, 0.15) is 84.6 Å². The highest BCUT2D eigenvalue weighted by Gasteiger charge is 2.40. The number of carbonyl (C=O) groups excluding carboxylic acids is 16. The van der Waals surface area contributed by atoms with Gasteiger partial charge in [-0.3, -0.25) is 106 Å². The number of unbranched alkanes of at least 4 members (excludes halogenated alkanes) is 1. The molecule has 0 spiro atoms. The van der Waals surface area contributed by atoms with E-state index in [0.29, 0.717) is 0 Å². The number of carboxylic acids is 6. The van der Waals surface area contributed by atoms with Gasteiger partial charge in [-0.25, -0.2) is 4.79 Å². The number of primary amides is 2. The fourth-order valence-corrected chi connectivity index (χ4v) is 11.5. The van der Waals surface area contributed by atoms with Crippen molar-refractivity contribution in [3.8, 4) is 0 Å². The van der Waals surface area contributed by atoms with Crippen LogP contribution < -0.4 is 108 Å². The molecule has 50 heteroatoms. The Labute approximate surface area is 707 Å². The van der Waals surface area contributed by atoms with E-state index in [-0.39, 0.29) is 77.3 Å². The molecule has 0 rings (SSSR count). The van der Waals surface area contributed by atoms with Crippen molar-refractivity contribution in [1.82, 2.24) is 79.8 Å². The van der Waals surface area contributed by atoms with E-state index >= 15 is 0 Å². The normalized spacial score (nSPS) is 15.0. The number of aliphatic carboxylic acids is 6. The van der Waals surface area contributed by atoms with Crippen LogP contribution in [0.15, 0.2) is 0 Å². The molecule has 0 aliphatic carbocycles. The lowest BCUT2D eigenvalue weighted by molar-refractivity contribution is -0.144. The summed E-state index contributed by atoms with van der Waals surface area (Å²) in [6.45, 7) is 12.8. The number of hydrogen-bond acceptors (Lipinski definition) is 26. The number of aliphatic hydroxyl groups excluding tert-OH is 1. The molecule has 0 heterocycles. The van der Waals surface area contributed by atoms with Gasteiger partial charge in [-0.1, -0.05) is 41.5 Å². The van der Waals surface area contributed by atoms with E-state index in [9.17, 15) is 136 Å². The fourth-order valence-electron chi connectivity index (χ4n) is 11.5. The van der Waals surface area contributed by atoms with E-state index in [1.807, 2.05) is 5.32 Å². The molecule has 0 aromatic rings. The molecule has 0 unspecified atom stereocenters. The Morgan fingerprint density at radius 3 is 0.902 bits per heavy atom. The third kappa shape index (κ3) is 46.8. The van der Waals surface area contributed by atoms with Crippen LogP contribution in [0.25, 0.3) is 0 Å². The molecule has 0 saturated heterocycles. The first-order valence-corrected chi connectivity index (χ1v) is 39.6. The smallest absolute Gasteiger partial charge is 0.326 e. The monoisotopic (exact) mass is 1760 g/mol. The number of guanidine groups is 1. The van der Waals surface area contributed by atoms with Crippen molar-refractivity contribution in [2.24, 2.45) is 46.4 Å². The minimum atomic E-state index is -2.24. The zero-order valence-corrected chi connectivity index (χ0v) is 70.0. The molecular weight excluding hydrogens is 1630 g/mol. The third-order valence-corrected chi connectivity index (χ3v) is 18.0. The van der Waals surface area contributed by atoms with Crippen LogP contribution in [0.5, 0.6) is 0 Å². The van der Waals surface area contributed by atoms with Crippen molar-refractivity contribution < 1.29 is 141 Å². The van der Waals surface area contributed by atoms with Crippen LogP contribution in [-0.4, -0.2) is 282 Å². The lowest BCUT2D eigenvalue weighted by Gasteiger charge is -2.29. The summed E-state index contributed by atoms with van der Waals surface area (Å²) >= 11 is 0. The number of hydrogen-bond donors (Lipinski definition) is 28. The molecule has 0 saturated carbocycles. The van der Waals surface area contributed by atoms with Crippen molar-refractivity contribution in [3.63, 3.8) is 0 Å². The predicted molar refractivity (Wildman–Crippen MR) is 428 cm³/mol. The quantitative estimate of drug-likeness (QED) is 0.0153. The lowest BCUT2D eigenvalue weighted by Crippen LogP contribution is -2.62. The molecule has 0 aliphatic rings. The highest BCUT2D eigenvalue weighted by molar-refractivity contribution is 6.02. The molecule has 33 N–H and O–H groups in total. The van der Waals surface area contributed by atoms with Gasteiger partial charge < -0.3 is 144 Å². The molecule has 16 amide bonds. The molecule has 0 fully saturated rings. The topological polar surface area (TPSA) is 852 Å². The fraction of sp³-hybridized carbons (Fsp3) is 0.685. The van der Waals surface area contributed by atoms with Crippen molar-refractivity contribution in [2.75, 3.05) is 13.1 Å². The van der Waals surface area contributed by atoms with E-state index < -0.39 is 315 Å². The van der Waals surface area contributed by atoms with Gasteiger partial charge in [-0.15, -0.1) is 0 Å². The van der Waals surface area contributed by atoms with E-state index in [1.54, 1.807) is 41.5 Å². The van der Waals surface area contributed by atoms with Crippen LogP contribution in [0.4, 0.5) is 0 Å². The molecule has 16 atom stereocenters. The minimum absolute atomic E-state index is 0.0158. The molecule has 694 valence electrons. The van der Waals surface area contributed by atoms with E-state index in [1.165, 1.54) is 0 Å². The largest absolute Gasteiger partial charge is 0.481 e. The van der Waals surface area contributed by atoms with Gasteiger partial charge in [-0.2, -0.15) is 0 Å². The number of rotatable bonds is 63. The van der Waals surface area contributed by atoms with Crippen molar-refractivity contribution in [2.45, 2.75) is 287 Å². The summed E-state index contributed by atoms with van der Waals surface area (Å²) in [7, 11) is 0. The molecule has 0 bridgehead atoms. The highest BCUT2D eigenvalue weighted by atomic mass is 16.4. The van der Waals surface area contributed by atoms with Crippen LogP contribution in [0.2, 0.25) is 0 Å². The molecule has 123 heavy (non-hydrogen) atoms. The van der Waals surface area contributed by atoms with E-state index in [4.69, 9.17) is 39.2 Å². The Balaban J connectivity index is 7.28. The van der Waals surface area contributed by atoms with Gasteiger partial charge in [-0.05, 0) is 129 Å². The second kappa shape index (κ2) is 56.9. The lowest BCUT2D eigenvalue weighted by atomic mass is 9.99. The van der Waals surface area contributed by atoms with E-state index in [0.717, 1.165) is 20.8 Å². The third-order valence-electron chi connectivity index (χ3n) is 18.0. The maximum atomic E-state index is 14.6. The second-order valence-electron chi connectivity index (χ2n) is 30.5. The second-order valence-corrected chi connectivity index (χ2v) is 30.5. The van der Waals surface area contributed by atoms with Gasteiger partial charge in [0.05, 0.1) is 25.0 Å². The molecule has 0 radical (unpaired) electrons. The molecule has 50 nitrogen and oxygen atoms in total. The SMILES string of the molecule is CC(C)C[C@H](NC(=O)[C@H](CCCCN)NC(=O)[C@H](CC(C)C)NC(=O)[C@H](CC(=O)O)NC(=O)[C@H](CC(C)C)NC(=O)[C@H](CCC(=O)O)NC(=O)[C@H](CC(=O)O)NC(=O)[C@@H](NC(=O)[C@H](C)NC(=O)[C@H](CCC(=O)O)NC(=O)[C@@H](N)CCC(N)=O)[C@@H](C)O)C(=O)N[C@@H](CCCNC(=N)N)C(=O)N[C@@H](CCC(N)=O)C(=O)N[C@@H](C)C(=O)N[C@@H](CCC(=O)O)C(=O)O. The maximum Gasteiger partial charge on any atom is 0.326 e. The molecule has 0 aromatic heterocycles. The zero-order valence-electron chi connectivity index (χ0n) is 70.0. The average molecular weight is 1760 g/mol. The summed E-state index contributed by atoms with van der Waals surface area (Å²) in [5.74, 6) is -29.9. The Hall–Kier alpha value is -12.5. The van der Waals surface area contributed by atoms with Crippen LogP contribution >= 0.6 is 0 Å².